The molecule has 1 atom stereocenters. The summed E-state index contributed by atoms with van der Waals surface area (Å²) < 4.78 is 4.75. The summed E-state index contributed by atoms with van der Waals surface area (Å²) in [5.41, 5.74) is 1.87. The first-order chi connectivity index (χ1) is 10.1. The predicted molar refractivity (Wildman–Crippen MR) is 81.4 cm³/mol. The van der Waals surface area contributed by atoms with Gasteiger partial charge in [-0.05, 0) is 44.0 Å². The average Bonchev–Trinajstić information content (AvgIpc) is 2.77. The first kappa shape index (κ1) is 15.5. The van der Waals surface area contributed by atoms with Crippen molar-refractivity contribution in [2.24, 2.45) is 0 Å². The highest BCUT2D eigenvalue weighted by Gasteiger charge is 2.21. The van der Waals surface area contributed by atoms with Crippen molar-refractivity contribution in [1.82, 2.24) is 5.32 Å². The second-order valence-corrected chi connectivity index (χ2v) is 5.32. The Balaban J connectivity index is 2.11. The van der Waals surface area contributed by atoms with E-state index in [-0.39, 0.29) is 11.9 Å². The third-order valence-electron chi connectivity index (χ3n) is 3.87. The highest BCUT2D eigenvalue weighted by Crippen LogP contribution is 2.20. The number of hydrogen-bond donors (Lipinski definition) is 2. The minimum atomic E-state index is -0.392. The molecule has 1 aromatic rings. The number of benzene rings is 1. The number of esters is 1. The van der Waals surface area contributed by atoms with Gasteiger partial charge in [-0.2, -0.15) is 0 Å². The summed E-state index contributed by atoms with van der Waals surface area (Å²) in [6.45, 7) is 2.68. The molecule has 1 aromatic carbocycles. The van der Waals surface area contributed by atoms with Crippen LogP contribution in [0.4, 0.5) is 5.69 Å². The lowest BCUT2D eigenvalue weighted by Crippen LogP contribution is -2.40. The van der Waals surface area contributed by atoms with Crippen LogP contribution in [0.25, 0.3) is 0 Å². The Hall–Kier alpha value is -1.88. The maximum absolute atomic E-state index is 12.3. The Morgan fingerprint density at radius 3 is 2.86 bits per heavy atom. The van der Waals surface area contributed by atoms with E-state index in [1.165, 1.54) is 7.11 Å². The van der Waals surface area contributed by atoms with Gasteiger partial charge in [0.1, 0.15) is 0 Å². The monoisotopic (exact) mass is 290 g/mol. The van der Waals surface area contributed by atoms with E-state index < -0.39 is 5.97 Å². The van der Waals surface area contributed by atoms with E-state index in [2.05, 4.69) is 10.6 Å². The molecule has 1 fully saturated rings. The third-order valence-corrected chi connectivity index (χ3v) is 3.87. The lowest BCUT2D eigenvalue weighted by Gasteiger charge is -2.17. The molecule has 1 unspecified atom stereocenters. The van der Waals surface area contributed by atoms with E-state index in [0.29, 0.717) is 11.3 Å². The number of methoxy groups -OCH3 is 1. The maximum Gasteiger partial charge on any atom is 0.338 e. The van der Waals surface area contributed by atoms with Crippen molar-refractivity contribution < 1.29 is 14.3 Å². The molecular formula is C16H22N2O3. The Labute approximate surface area is 125 Å². The van der Waals surface area contributed by atoms with E-state index in [0.717, 1.165) is 37.8 Å². The summed E-state index contributed by atoms with van der Waals surface area (Å²) >= 11 is 0. The number of carbonyl (C=O) groups excluding carboxylic acids is 2. The van der Waals surface area contributed by atoms with Crippen molar-refractivity contribution in [3.63, 3.8) is 0 Å². The predicted octanol–water partition coefficient (Wildman–Crippen LogP) is 2.25. The third kappa shape index (κ3) is 3.82. The van der Waals surface area contributed by atoms with Gasteiger partial charge in [0.25, 0.3) is 0 Å². The van der Waals surface area contributed by atoms with E-state index in [1.807, 2.05) is 6.92 Å². The first-order valence-electron chi connectivity index (χ1n) is 7.35. The van der Waals surface area contributed by atoms with Crippen LogP contribution in [0.5, 0.6) is 0 Å². The molecule has 1 aliphatic heterocycles. The molecule has 1 saturated heterocycles. The second-order valence-electron chi connectivity index (χ2n) is 5.32. The number of ether oxygens (including phenoxy) is 1. The quantitative estimate of drug-likeness (QED) is 0.838. The molecule has 21 heavy (non-hydrogen) atoms. The van der Waals surface area contributed by atoms with E-state index in [4.69, 9.17) is 4.74 Å². The Bertz CT molecular complexity index is 520. The van der Waals surface area contributed by atoms with Crippen LogP contribution in [0.2, 0.25) is 0 Å². The van der Waals surface area contributed by atoms with Crippen LogP contribution in [0.15, 0.2) is 18.2 Å². The van der Waals surface area contributed by atoms with Gasteiger partial charge in [-0.15, -0.1) is 0 Å². The normalized spacial score (nSPS) is 18.7. The molecule has 0 aliphatic carbocycles. The number of nitrogens with one attached hydrogen (secondary N) is 2. The fourth-order valence-electron chi connectivity index (χ4n) is 2.57. The standard InChI is InChI=1S/C16H22N2O3/c1-11-12(16(20)21-2)7-6-9-13(11)18-15(19)14-8-4-3-5-10-17-14/h6-7,9,14,17H,3-5,8,10H2,1-2H3,(H,18,19). The van der Waals surface area contributed by atoms with Gasteiger partial charge in [0.2, 0.25) is 5.91 Å². The molecule has 2 N–H and O–H groups in total. The van der Waals surface area contributed by atoms with Crippen molar-refractivity contribution in [3.8, 4) is 0 Å². The summed E-state index contributed by atoms with van der Waals surface area (Å²) in [4.78, 5) is 24.0. The molecular weight excluding hydrogens is 268 g/mol. The maximum atomic E-state index is 12.3. The number of amides is 1. The molecule has 0 spiro atoms. The highest BCUT2D eigenvalue weighted by molar-refractivity contribution is 5.98. The largest absolute Gasteiger partial charge is 0.465 e. The van der Waals surface area contributed by atoms with Crippen molar-refractivity contribution in [1.29, 1.82) is 0 Å². The topological polar surface area (TPSA) is 67.4 Å². The number of carbonyl (C=O) groups is 2. The number of hydrogen-bond acceptors (Lipinski definition) is 4. The minimum Gasteiger partial charge on any atom is -0.465 e. The van der Waals surface area contributed by atoms with Crippen LogP contribution in [0.3, 0.4) is 0 Å². The lowest BCUT2D eigenvalue weighted by atomic mass is 10.1. The summed E-state index contributed by atoms with van der Waals surface area (Å²) in [5.74, 6) is -0.432. The van der Waals surface area contributed by atoms with Crippen LogP contribution in [-0.2, 0) is 9.53 Å². The average molecular weight is 290 g/mol. The van der Waals surface area contributed by atoms with Crippen LogP contribution in [0, 0.1) is 6.92 Å². The van der Waals surface area contributed by atoms with Gasteiger partial charge in [0.15, 0.2) is 0 Å². The molecule has 1 heterocycles. The van der Waals surface area contributed by atoms with Gasteiger partial charge in [-0.3, -0.25) is 4.79 Å². The first-order valence-corrected chi connectivity index (χ1v) is 7.35. The Morgan fingerprint density at radius 2 is 2.10 bits per heavy atom. The van der Waals surface area contributed by atoms with Gasteiger partial charge < -0.3 is 15.4 Å². The van der Waals surface area contributed by atoms with Gasteiger partial charge in [0.05, 0.1) is 18.7 Å². The summed E-state index contributed by atoms with van der Waals surface area (Å²) in [6.07, 6.45) is 4.18. The van der Waals surface area contributed by atoms with E-state index in [9.17, 15) is 9.59 Å². The lowest BCUT2D eigenvalue weighted by molar-refractivity contribution is -0.118. The Morgan fingerprint density at radius 1 is 1.29 bits per heavy atom. The molecule has 0 aromatic heterocycles. The highest BCUT2D eigenvalue weighted by atomic mass is 16.5. The molecule has 0 radical (unpaired) electrons. The zero-order valence-electron chi connectivity index (χ0n) is 12.6. The van der Waals surface area contributed by atoms with Gasteiger partial charge in [-0.25, -0.2) is 4.79 Å². The van der Waals surface area contributed by atoms with Crippen LogP contribution < -0.4 is 10.6 Å². The summed E-state index contributed by atoms with van der Waals surface area (Å²) in [6, 6.07) is 5.08. The van der Waals surface area contributed by atoms with Crippen LogP contribution >= 0.6 is 0 Å². The van der Waals surface area contributed by atoms with Gasteiger partial charge >= 0.3 is 5.97 Å². The number of rotatable bonds is 3. The van der Waals surface area contributed by atoms with Crippen LogP contribution in [0.1, 0.15) is 41.6 Å². The SMILES string of the molecule is COC(=O)c1cccc(NC(=O)C2CCCCCN2)c1C. The van der Waals surface area contributed by atoms with Crippen molar-refractivity contribution in [2.75, 3.05) is 19.0 Å². The minimum absolute atomic E-state index is 0.0398. The van der Waals surface area contributed by atoms with E-state index in [1.54, 1.807) is 18.2 Å². The molecule has 2 rings (SSSR count). The summed E-state index contributed by atoms with van der Waals surface area (Å²) in [5, 5.41) is 6.18. The molecule has 0 saturated carbocycles. The van der Waals surface area contributed by atoms with Crippen molar-refractivity contribution in [3.05, 3.63) is 29.3 Å². The second kappa shape index (κ2) is 7.22. The fourth-order valence-corrected chi connectivity index (χ4v) is 2.57. The molecule has 0 bridgehead atoms. The van der Waals surface area contributed by atoms with Gasteiger partial charge in [-0.1, -0.05) is 18.9 Å². The van der Waals surface area contributed by atoms with Crippen LogP contribution in [-0.4, -0.2) is 31.6 Å². The Kier molecular flexibility index (Phi) is 5.33. The van der Waals surface area contributed by atoms with Crippen molar-refractivity contribution in [2.45, 2.75) is 38.6 Å². The zero-order valence-corrected chi connectivity index (χ0v) is 12.6. The van der Waals surface area contributed by atoms with Crippen molar-refractivity contribution >= 4 is 17.6 Å². The molecule has 1 aliphatic rings. The van der Waals surface area contributed by atoms with Gasteiger partial charge in [0, 0.05) is 5.69 Å². The molecule has 114 valence electrons. The fraction of sp³-hybridized carbons (Fsp3) is 0.500. The summed E-state index contributed by atoms with van der Waals surface area (Å²) in [7, 11) is 1.35. The smallest absolute Gasteiger partial charge is 0.338 e. The molecule has 1 amide bonds. The van der Waals surface area contributed by atoms with E-state index >= 15 is 0 Å². The molecule has 5 heteroatoms. The number of anilines is 1. The zero-order chi connectivity index (χ0) is 15.2. The molecule has 5 nitrogen and oxygen atoms in total.